The van der Waals surface area contributed by atoms with Crippen LogP contribution in [0.5, 0.6) is 11.5 Å². The fraction of sp³-hybridized carbons (Fsp3) is 0.267. The third kappa shape index (κ3) is 1.57. The van der Waals surface area contributed by atoms with Gasteiger partial charge >= 0.3 is 0 Å². The van der Waals surface area contributed by atoms with Crippen LogP contribution >= 0.6 is 0 Å². The molecule has 1 aromatic carbocycles. The summed E-state index contributed by atoms with van der Waals surface area (Å²) >= 11 is 0. The molecule has 3 N–H and O–H groups in total. The Morgan fingerprint density at radius 2 is 2.05 bits per heavy atom. The number of nitrogens with two attached hydrogens (primary N) is 1. The zero-order valence-electron chi connectivity index (χ0n) is 10.9. The highest BCUT2D eigenvalue weighted by molar-refractivity contribution is 5.56. The highest BCUT2D eigenvalue weighted by Gasteiger charge is 2.45. The van der Waals surface area contributed by atoms with Crippen LogP contribution in [-0.2, 0) is 10.3 Å². The molecule has 0 radical (unpaired) electrons. The van der Waals surface area contributed by atoms with Crippen LogP contribution in [0.4, 0.5) is 0 Å². The van der Waals surface area contributed by atoms with E-state index >= 15 is 0 Å². The van der Waals surface area contributed by atoms with Gasteiger partial charge in [-0.3, -0.25) is 10.3 Å². The Kier molecular flexibility index (Phi) is 2.53. The molecule has 0 saturated carbocycles. The summed E-state index contributed by atoms with van der Waals surface area (Å²) in [6.45, 7) is 1.03. The molecule has 4 rings (SSSR count). The highest BCUT2D eigenvalue weighted by atomic mass is 16.5. The number of aromatic nitrogens is 1. The van der Waals surface area contributed by atoms with E-state index in [0.29, 0.717) is 13.2 Å². The zero-order chi connectivity index (χ0) is 13.6. The Bertz CT molecular complexity index is 614. The van der Waals surface area contributed by atoms with Crippen molar-refractivity contribution >= 4 is 0 Å². The Balaban J connectivity index is 1.97. The normalized spacial score (nSPS) is 27.6. The van der Waals surface area contributed by atoms with E-state index in [-0.39, 0.29) is 6.17 Å². The number of hydrogen-bond acceptors (Lipinski definition) is 5. The summed E-state index contributed by atoms with van der Waals surface area (Å²) in [7, 11) is 0. The molecule has 1 fully saturated rings. The molecule has 0 aliphatic carbocycles. The molecule has 5 nitrogen and oxygen atoms in total. The molecule has 1 spiro atoms. The first-order valence-corrected chi connectivity index (χ1v) is 6.62. The first kappa shape index (κ1) is 11.8. The quantitative estimate of drug-likeness (QED) is 0.755. The molecule has 2 unspecified atom stereocenters. The first-order chi connectivity index (χ1) is 9.79. The highest BCUT2D eigenvalue weighted by Crippen LogP contribution is 2.47. The number of morpholine rings is 1. The number of hydrogen-bond donors (Lipinski definition) is 2. The van der Waals surface area contributed by atoms with Gasteiger partial charge in [-0.1, -0.05) is 18.2 Å². The van der Waals surface area contributed by atoms with E-state index in [9.17, 15) is 0 Å². The van der Waals surface area contributed by atoms with Gasteiger partial charge in [0, 0.05) is 17.3 Å². The number of fused-ring (bicyclic) bond motifs is 4. The number of nitrogens with one attached hydrogen (secondary N) is 1. The number of rotatable bonds is 0. The van der Waals surface area contributed by atoms with Gasteiger partial charge in [0.25, 0.3) is 0 Å². The molecular weight excluding hydrogens is 254 g/mol. The van der Waals surface area contributed by atoms with Gasteiger partial charge in [0.05, 0.1) is 25.6 Å². The lowest BCUT2D eigenvalue weighted by Gasteiger charge is -2.45. The van der Waals surface area contributed by atoms with Gasteiger partial charge in [-0.25, -0.2) is 0 Å². The van der Waals surface area contributed by atoms with Crippen molar-refractivity contribution in [3.05, 3.63) is 53.9 Å². The lowest BCUT2D eigenvalue weighted by molar-refractivity contribution is 0.0111. The standard InChI is InChI=1S/C15H15N3O2/c16-14-8-19-9-15(18-14)10-3-1-2-4-12(10)20-13-7-17-6-5-11(13)15/h1-7,14,18H,8-9,16H2. The van der Waals surface area contributed by atoms with Crippen molar-refractivity contribution in [1.29, 1.82) is 0 Å². The minimum Gasteiger partial charge on any atom is -0.455 e. The van der Waals surface area contributed by atoms with Crippen molar-refractivity contribution < 1.29 is 9.47 Å². The zero-order valence-corrected chi connectivity index (χ0v) is 10.9. The van der Waals surface area contributed by atoms with Crippen molar-refractivity contribution in [2.75, 3.05) is 13.2 Å². The van der Waals surface area contributed by atoms with E-state index in [1.807, 2.05) is 30.3 Å². The number of nitrogens with zero attached hydrogens (tertiary/aromatic N) is 1. The van der Waals surface area contributed by atoms with Gasteiger partial charge in [-0.05, 0) is 12.1 Å². The second kappa shape index (κ2) is 4.28. The maximum atomic E-state index is 6.06. The summed E-state index contributed by atoms with van der Waals surface area (Å²) in [5.41, 5.74) is 7.66. The van der Waals surface area contributed by atoms with Crippen LogP contribution in [0.3, 0.4) is 0 Å². The molecule has 0 bridgehead atoms. The van der Waals surface area contributed by atoms with Gasteiger partial charge in [0.2, 0.25) is 0 Å². The SMILES string of the molecule is NC1COCC2(N1)c1ccccc1Oc1cnccc12. The molecule has 1 saturated heterocycles. The third-order valence-corrected chi connectivity index (χ3v) is 3.86. The Labute approximate surface area is 116 Å². The van der Waals surface area contributed by atoms with Crippen LogP contribution in [-0.4, -0.2) is 24.4 Å². The van der Waals surface area contributed by atoms with Crippen molar-refractivity contribution in [2.24, 2.45) is 5.73 Å². The van der Waals surface area contributed by atoms with E-state index in [0.717, 1.165) is 22.6 Å². The number of para-hydroxylation sites is 1. The molecule has 2 aliphatic heterocycles. The maximum absolute atomic E-state index is 6.06. The van der Waals surface area contributed by atoms with E-state index < -0.39 is 5.54 Å². The number of pyridine rings is 1. The molecule has 2 atom stereocenters. The van der Waals surface area contributed by atoms with Crippen LogP contribution in [0.2, 0.25) is 0 Å². The Morgan fingerprint density at radius 3 is 2.95 bits per heavy atom. The van der Waals surface area contributed by atoms with Crippen molar-refractivity contribution in [3.8, 4) is 11.5 Å². The molecule has 5 heteroatoms. The van der Waals surface area contributed by atoms with Gasteiger partial charge in [0.15, 0.2) is 5.75 Å². The maximum Gasteiger partial charge on any atom is 0.151 e. The molecule has 2 aliphatic rings. The van der Waals surface area contributed by atoms with E-state index in [4.69, 9.17) is 15.2 Å². The average Bonchev–Trinajstić information content (AvgIpc) is 2.48. The lowest BCUT2D eigenvalue weighted by Crippen LogP contribution is -2.61. The fourth-order valence-electron chi connectivity index (χ4n) is 3.04. The predicted octanol–water partition coefficient (Wildman–Crippen LogP) is 1.34. The largest absolute Gasteiger partial charge is 0.455 e. The Morgan fingerprint density at radius 1 is 1.20 bits per heavy atom. The topological polar surface area (TPSA) is 69.4 Å². The summed E-state index contributed by atoms with van der Waals surface area (Å²) < 4.78 is 11.7. The molecular formula is C15H15N3O2. The number of ether oxygens (including phenoxy) is 2. The van der Waals surface area contributed by atoms with Crippen LogP contribution in [0.15, 0.2) is 42.7 Å². The predicted molar refractivity (Wildman–Crippen MR) is 73.5 cm³/mol. The summed E-state index contributed by atoms with van der Waals surface area (Å²) in [6.07, 6.45) is 3.28. The lowest BCUT2D eigenvalue weighted by atomic mass is 9.80. The van der Waals surface area contributed by atoms with Gasteiger partial charge < -0.3 is 15.2 Å². The van der Waals surface area contributed by atoms with Crippen molar-refractivity contribution in [2.45, 2.75) is 11.7 Å². The Hall–Kier alpha value is -1.95. The van der Waals surface area contributed by atoms with Crippen LogP contribution in [0.25, 0.3) is 0 Å². The molecule has 20 heavy (non-hydrogen) atoms. The second-order valence-corrected chi connectivity index (χ2v) is 5.14. The fourth-order valence-corrected chi connectivity index (χ4v) is 3.04. The monoisotopic (exact) mass is 269 g/mol. The summed E-state index contributed by atoms with van der Waals surface area (Å²) in [5, 5.41) is 3.49. The van der Waals surface area contributed by atoms with Crippen molar-refractivity contribution in [1.82, 2.24) is 10.3 Å². The van der Waals surface area contributed by atoms with Gasteiger partial charge in [-0.15, -0.1) is 0 Å². The minimum absolute atomic E-state index is 0.212. The van der Waals surface area contributed by atoms with E-state index in [2.05, 4.69) is 10.3 Å². The molecule has 0 amide bonds. The molecule has 2 aromatic rings. The average molecular weight is 269 g/mol. The van der Waals surface area contributed by atoms with Crippen LogP contribution in [0, 0.1) is 0 Å². The van der Waals surface area contributed by atoms with Crippen LogP contribution < -0.4 is 15.8 Å². The van der Waals surface area contributed by atoms with E-state index in [1.165, 1.54) is 0 Å². The third-order valence-electron chi connectivity index (χ3n) is 3.86. The summed E-state index contributed by atoms with van der Waals surface area (Å²) in [6, 6.07) is 9.91. The minimum atomic E-state index is -0.467. The van der Waals surface area contributed by atoms with Gasteiger partial charge in [0.1, 0.15) is 11.3 Å². The molecule has 1 aromatic heterocycles. The van der Waals surface area contributed by atoms with E-state index in [1.54, 1.807) is 12.4 Å². The van der Waals surface area contributed by atoms with Crippen LogP contribution in [0.1, 0.15) is 11.1 Å². The second-order valence-electron chi connectivity index (χ2n) is 5.14. The van der Waals surface area contributed by atoms with Gasteiger partial charge in [-0.2, -0.15) is 0 Å². The first-order valence-electron chi connectivity index (χ1n) is 6.62. The summed E-state index contributed by atoms with van der Waals surface area (Å²) in [5.74, 6) is 1.56. The van der Waals surface area contributed by atoms with Crippen molar-refractivity contribution in [3.63, 3.8) is 0 Å². The number of benzene rings is 1. The molecule has 3 heterocycles. The smallest absolute Gasteiger partial charge is 0.151 e. The summed E-state index contributed by atoms with van der Waals surface area (Å²) in [4.78, 5) is 4.14. The molecule has 102 valence electrons.